The third kappa shape index (κ3) is 2.07. The number of phenolic OH excluding ortho intramolecular Hbond substituents is 1. The maximum absolute atomic E-state index is 12.0. The molecule has 0 amide bonds. The van der Waals surface area contributed by atoms with Crippen molar-refractivity contribution in [1.82, 2.24) is 4.90 Å². The predicted octanol–water partition coefficient (Wildman–Crippen LogP) is 2.98. The van der Waals surface area contributed by atoms with E-state index in [2.05, 4.69) is 11.0 Å². The molecule has 2 bridgehead atoms. The van der Waals surface area contributed by atoms with Gasteiger partial charge in [-0.2, -0.15) is 0 Å². The highest BCUT2D eigenvalue weighted by Gasteiger charge is 2.64. The lowest BCUT2D eigenvalue weighted by atomic mass is 9.49. The summed E-state index contributed by atoms with van der Waals surface area (Å²) in [6.45, 7) is 2.18. The van der Waals surface area contributed by atoms with Crippen LogP contribution in [-0.2, 0) is 11.8 Å². The van der Waals surface area contributed by atoms with Gasteiger partial charge in [-0.15, -0.1) is 0 Å². The van der Waals surface area contributed by atoms with Crippen LogP contribution < -0.4 is 4.74 Å². The van der Waals surface area contributed by atoms with E-state index in [0.29, 0.717) is 5.75 Å². The summed E-state index contributed by atoms with van der Waals surface area (Å²) in [4.78, 5) is 2.57. The zero-order valence-electron chi connectivity index (χ0n) is 15.1. The number of methoxy groups -OCH3 is 1. The fourth-order valence-electron chi connectivity index (χ4n) is 6.20. The highest BCUT2D eigenvalue weighted by molar-refractivity contribution is 5.58. The highest BCUT2D eigenvalue weighted by Crippen LogP contribution is 2.61. The first-order valence-electron chi connectivity index (χ1n) is 9.95. The Kier molecular flexibility index (Phi) is 3.43. The number of hydrogen-bond acceptors (Lipinski definition) is 4. The zero-order chi connectivity index (χ0) is 17.2. The average molecular weight is 343 g/mol. The molecule has 1 saturated heterocycles. The topological polar surface area (TPSA) is 52.9 Å². The van der Waals surface area contributed by atoms with Crippen LogP contribution >= 0.6 is 0 Å². The van der Waals surface area contributed by atoms with Gasteiger partial charge in [-0.05, 0) is 62.6 Å². The molecule has 2 saturated carbocycles. The van der Waals surface area contributed by atoms with E-state index < -0.39 is 5.60 Å². The number of benzene rings is 1. The van der Waals surface area contributed by atoms with Crippen LogP contribution in [0.2, 0.25) is 0 Å². The third-order valence-corrected chi connectivity index (χ3v) is 7.59. The molecule has 0 spiro atoms. The van der Waals surface area contributed by atoms with Crippen LogP contribution in [0.15, 0.2) is 12.1 Å². The number of rotatable bonds is 3. The summed E-state index contributed by atoms with van der Waals surface area (Å²) in [6, 6.07) is 4.21. The molecule has 4 aliphatic rings. The van der Waals surface area contributed by atoms with Gasteiger partial charge < -0.3 is 14.9 Å². The van der Waals surface area contributed by atoms with E-state index in [4.69, 9.17) is 4.74 Å². The molecule has 1 aromatic rings. The predicted molar refractivity (Wildman–Crippen MR) is 96.2 cm³/mol. The normalized spacial score (nSPS) is 37.3. The monoisotopic (exact) mass is 343 g/mol. The molecule has 4 nitrogen and oxygen atoms in total. The molecular formula is C21H29NO3. The molecule has 0 radical (unpaired) electrons. The number of likely N-dealkylation sites (tertiary alicyclic amines) is 1. The minimum Gasteiger partial charge on any atom is -0.504 e. The number of phenols is 1. The second-order valence-corrected chi connectivity index (χ2v) is 8.77. The van der Waals surface area contributed by atoms with Gasteiger partial charge in [0, 0.05) is 23.6 Å². The molecule has 3 aliphatic carbocycles. The van der Waals surface area contributed by atoms with E-state index in [-0.39, 0.29) is 17.2 Å². The van der Waals surface area contributed by atoms with Crippen LogP contribution in [0.1, 0.15) is 56.1 Å². The number of ether oxygens (including phenoxy) is 1. The van der Waals surface area contributed by atoms with E-state index >= 15 is 0 Å². The van der Waals surface area contributed by atoms with Gasteiger partial charge in [-0.1, -0.05) is 18.9 Å². The molecule has 5 rings (SSSR count). The molecule has 0 unspecified atom stereocenters. The summed E-state index contributed by atoms with van der Waals surface area (Å²) in [7, 11) is 1.61. The SMILES string of the molecule is COc1ccc2c(c1O)[C@@]13CCCC[C@@]1(O)[C@@H](C2)N(CC1CC1)CC3. The van der Waals surface area contributed by atoms with Crippen molar-refractivity contribution in [3.05, 3.63) is 23.3 Å². The Morgan fingerprint density at radius 1 is 1.20 bits per heavy atom. The molecule has 3 atom stereocenters. The van der Waals surface area contributed by atoms with Crippen LogP contribution in [0, 0.1) is 5.92 Å². The maximum atomic E-state index is 12.0. The molecule has 136 valence electrons. The smallest absolute Gasteiger partial charge is 0.161 e. The summed E-state index contributed by atoms with van der Waals surface area (Å²) < 4.78 is 5.40. The summed E-state index contributed by atoms with van der Waals surface area (Å²) in [5.41, 5.74) is 1.20. The zero-order valence-corrected chi connectivity index (χ0v) is 15.1. The summed E-state index contributed by atoms with van der Waals surface area (Å²) >= 11 is 0. The van der Waals surface area contributed by atoms with Gasteiger partial charge in [-0.3, -0.25) is 4.90 Å². The second kappa shape index (κ2) is 5.37. The molecular weight excluding hydrogens is 314 g/mol. The van der Waals surface area contributed by atoms with Gasteiger partial charge in [0.2, 0.25) is 0 Å². The first kappa shape index (κ1) is 16.0. The second-order valence-electron chi connectivity index (χ2n) is 8.77. The van der Waals surface area contributed by atoms with Crippen molar-refractivity contribution < 1.29 is 14.9 Å². The molecule has 1 aliphatic heterocycles. The van der Waals surface area contributed by atoms with Gasteiger partial charge in [0.1, 0.15) is 0 Å². The Hall–Kier alpha value is -1.26. The molecule has 1 aromatic carbocycles. The van der Waals surface area contributed by atoms with Gasteiger partial charge >= 0.3 is 0 Å². The van der Waals surface area contributed by atoms with Gasteiger partial charge in [0.05, 0.1) is 12.7 Å². The minimum absolute atomic E-state index is 0.197. The van der Waals surface area contributed by atoms with Crippen molar-refractivity contribution in [2.45, 2.75) is 68.4 Å². The van der Waals surface area contributed by atoms with Crippen molar-refractivity contribution >= 4 is 0 Å². The molecule has 2 N–H and O–H groups in total. The summed E-state index contributed by atoms with van der Waals surface area (Å²) in [6.07, 6.45) is 8.54. The van der Waals surface area contributed by atoms with E-state index in [1.165, 1.54) is 18.4 Å². The molecule has 3 fully saturated rings. The molecule has 25 heavy (non-hydrogen) atoms. The molecule has 4 heteroatoms. The fraction of sp³-hybridized carbons (Fsp3) is 0.714. The number of hydrogen-bond donors (Lipinski definition) is 2. The Balaban J connectivity index is 1.66. The minimum atomic E-state index is -0.713. The maximum Gasteiger partial charge on any atom is 0.161 e. The highest BCUT2D eigenvalue weighted by atomic mass is 16.5. The lowest BCUT2D eigenvalue weighted by Gasteiger charge is -2.64. The van der Waals surface area contributed by atoms with Gasteiger partial charge in [-0.25, -0.2) is 0 Å². The Morgan fingerprint density at radius 2 is 2.00 bits per heavy atom. The van der Waals surface area contributed by atoms with Crippen LogP contribution in [0.5, 0.6) is 11.5 Å². The van der Waals surface area contributed by atoms with Crippen LogP contribution in [0.25, 0.3) is 0 Å². The lowest BCUT2D eigenvalue weighted by Crippen LogP contribution is -2.72. The number of nitrogens with zero attached hydrogens (tertiary/aromatic N) is 1. The summed E-state index contributed by atoms with van der Waals surface area (Å²) in [5, 5.41) is 23.0. The first-order chi connectivity index (χ1) is 12.1. The summed E-state index contributed by atoms with van der Waals surface area (Å²) in [5.74, 6) is 1.65. The van der Waals surface area contributed by atoms with Crippen LogP contribution in [0.3, 0.4) is 0 Å². The Morgan fingerprint density at radius 3 is 2.76 bits per heavy atom. The number of aromatic hydroxyl groups is 1. The fourth-order valence-corrected chi connectivity index (χ4v) is 6.20. The van der Waals surface area contributed by atoms with Crippen molar-refractivity contribution in [2.24, 2.45) is 5.92 Å². The molecule has 1 heterocycles. The van der Waals surface area contributed by atoms with E-state index in [1.54, 1.807) is 7.11 Å². The van der Waals surface area contributed by atoms with Crippen LogP contribution in [0.4, 0.5) is 0 Å². The largest absolute Gasteiger partial charge is 0.504 e. The van der Waals surface area contributed by atoms with Crippen molar-refractivity contribution in [3.8, 4) is 11.5 Å². The first-order valence-corrected chi connectivity index (χ1v) is 9.95. The van der Waals surface area contributed by atoms with Crippen LogP contribution in [-0.4, -0.2) is 47.0 Å². The van der Waals surface area contributed by atoms with E-state index in [9.17, 15) is 10.2 Å². The van der Waals surface area contributed by atoms with Crippen molar-refractivity contribution in [1.29, 1.82) is 0 Å². The van der Waals surface area contributed by atoms with E-state index in [0.717, 1.165) is 63.1 Å². The van der Waals surface area contributed by atoms with E-state index in [1.807, 2.05) is 6.07 Å². The third-order valence-electron chi connectivity index (χ3n) is 7.59. The standard InChI is InChI=1S/C21H29NO3/c1-25-16-7-6-15-12-17-21(24)9-3-2-8-20(21,18(15)19(16)23)10-11-22(17)13-14-4-5-14/h6-7,14,17,23-24H,2-5,8-13H2,1H3/t17-,20+,21-/m1/s1. The number of fused-ring (bicyclic) bond motifs is 1. The average Bonchev–Trinajstić information content (AvgIpc) is 3.41. The molecule has 0 aromatic heterocycles. The van der Waals surface area contributed by atoms with Gasteiger partial charge in [0.25, 0.3) is 0 Å². The number of piperidine rings is 1. The Bertz CT molecular complexity index is 701. The quantitative estimate of drug-likeness (QED) is 0.886. The van der Waals surface area contributed by atoms with Crippen molar-refractivity contribution in [2.75, 3.05) is 20.2 Å². The van der Waals surface area contributed by atoms with Crippen molar-refractivity contribution in [3.63, 3.8) is 0 Å². The lowest BCUT2D eigenvalue weighted by molar-refractivity contribution is -0.167. The number of aliphatic hydroxyl groups is 1. The Labute approximate surface area is 149 Å². The van der Waals surface area contributed by atoms with Gasteiger partial charge in [0.15, 0.2) is 11.5 Å².